The minimum atomic E-state index is -4.19. The van der Waals surface area contributed by atoms with Gasteiger partial charge in [-0.3, -0.25) is 18.2 Å². The summed E-state index contributed by atoms with van der Waals surface area (Å²) in [5.41, 5.74) is 18.4. The summed E-state index contributed by atoms with van der Waals surface area (Å²) in [5.74, 6) is -0.0499. The third-order valence-electron chi connectivity index (χ3n) is 7.34. The van der Waals surface area contributed by atoms with Crippen molar-refractivity contribution in [3.63, 3.8) is 0 Å². The first-order chi connectivity index (χ1) is 21.3. The Morgan fingerprint density at radius 2 is 1.33 bits per heavy atom. The maximum Gasteiger partial charge on any atom is 0.325 e. The molecule has 242 valence electrons. The van der Waals surface area contributed by atoms with Crippen molar-refractivity contribution in [2.45, 2.75) is 49.1 Å². The fourth-order valence-electron chi connectivity index (χ4n) is 5.31. The zero-order valence-electron chi connectivity index (χ0n) is 22.5. The maximum atomic E-state index is 11.3. The van der Waals surface area contributed by atoms with Gasteiger partial charge < -0.3 is 55.7 Å². The molecule has 7 heterocycles. The SMILES string of the molecule is Nc1nc(N)c2ncn([C@@H]3O[C@@H]4COP(O)(=S)O[C@@H]5[C@H](O)[C@@H](COP(O)(=S)OC4[C@H]3O)O[C@H]5n3cnc4c(N)ncnc43)c2n1. The lowest BCUT2D eigenvalue weighted by Crippen LogP contribution is -2.36. The van der Waals surface area contributed by atoms with Gasteiger partial charge in [0.15, 0.2) is 35.4 Å². The highest BCUT2D eigenvalue weighted by molar-refractivity contribution is 8.07. The number of nitrogens with two attached hydrogens (primary N) is 3. The molecule has 3 aliphatic rings. The van der Waals surface area contributed by atoms with Crippen LogP contribution in [0.1, 0.15) is 12.5 Å². The van der Waals surface area contributed by atoms with E-state index in [1.165, 1.54) is 28.1 Å². The largest absolute Gasteiger partial charge is 0.387 e. The van der Waals surface area contributed by atoms with Gasteiger partial charge in [-0.15, -0.1) is 0 Å². The molecule has 0 saturated carbocycles. The quantitative estimate of drug-likeness (QED) is 0.113. The highest BCUT2D eigenvalue weighted by Crippen LogP contribution is 2.54. The second kappa shape index (κ2) is 11.3. The van der Waals surface area contributed by atoms with E-state index in [1.807, 2.05) is 0 Å². The van der Waals surface area contributed by atoms with Crippen LogP contribution in [0.4, 0.5) is 17.6 Å². The second-order valence-corrected chi connectivity index (χ2v) is 15.7. The van der Waals surface area contributed by atoms with E-state index < -0.39 is 75.7 Å². The number of aliphatic hydroxyl groups is 2. The molecule has 0 amide bonds. The Labute approximate surface area is 261 Å². The third kappa shape index (κ3) is 5.57. The van der Waals surface area contributed by atoms with Crippen LogP contribution < -0.4 is 17.2 Å². The van der Waals surface area contributed by atoms with Gasteiger partial charge in [-0.2, -0.15) is 9.97 Å². The second-order valence-electron chi connectivity index (χ2n) is 10.2. The maximum absolute atomic E-state index is 11.3. The smallest absolute Gasteiger partial charge is 0.325 e. The lowest BCUT2D eigenvalue weighted by Gasteiger charge is -2.28. The molecule has 0 spiro atoms. The summed E-state index contributed by atoms with van der Waals surface area (Å²) in [6.45, 7) is -9.37. The molecule has 3 aliphatic heterocycles. The molecule has 45 heavy (non-hydrogen) atoms. The third-order valence-corrected chi connectivity index (χ3v) is 10.5. The van der Waals surface area contributed by atoms with Crippen LogP contribution in [-0.4, -0.2) is 109 Å². The monoisotopic (exact) mass is 705 g/mol. The van der Waals surface area contributed by atoms with Crippen LogP contribution in [0, 0.1) is 0 Å². The Hall–Kier alpha value is -2.60. The molecular weight excluding hydrogens is 680 g/mol. The Morgan fingerprint density at radius 1 is 0.733 bits per heavy atom. The number of rotatable bonds is 2. The highest BCUT2D eigenvalue weighted by Gasteiger charge is 2.52. The van der Waals surface area contributed by atoms with Crippen LogP contribution in [0.2, 0.25) is 0 Å². The fraction of sp³-hybridized carbons (Fsp3) is 0.500. The number of aromatic nitrogens is 8. The van der Waals surface area contributed by atoms with Crippen molar-refractivity contribution in [1.29, 1.82) is 0 Å². The van der Waals surface area contributed by atoms with Crippen molar-refractivity contribution in [3.8, 4) is 0 Å². The van der Waals surface area contributed by atoms with Gasteiger partial charge in [-0.25, -0.2) is 19.9 Å². The summed E-state index contributed by atoms with van der Waals surface area (Å²) in [4.78, 5) is 46.6. The van der Waals surface area contributed by atoms with E-state index in [-0.39, 0.29) is 39.9 Å². The number of hydrogen-bond donors (Lipinski definition) is 7. The van der Waals surface area contributed by atoms with Gasteiger partial charge in [0, 0.05) is 0 Å². The summed E-state index contributed by atoms with van der Waals surface area (Å²) >= 11 is 10.5. The molecule has 7 rings (SSSR count). The molecule has 0 aliphatic carbocycles. The topological polar surface area (TPSA) is 302 Å². The number of nitrogen functional groups attached to an aromatic ring is 3. The summed E-state index contributed by atoms with van der Waals surface area (Å²) in [6.07, 6.45) is -6.71. The molecule has 10 N–H and O–H groups in total. The first-order valence-corrected chi connectivity index (χ1v) is 18.2. The number of aliphatic hydroxyl groups excluding tert-OH is 2. The number of anilines is 3. The van der Waals surface area contributed by atoms with Gasteiger partial charge >= 0.3 is 13.4 Å². The van der Waals surface area contributed by atoms with E-state index in [0.29, 0.717) is 0 Å². The first kappa shape index (κ1) is 31.0. The summed E-state index contributed by atoms with van der Waals surface area (Å²) in [6, 6.07) is 0. The average Bonchev–Trinajstić information content (AvgIpc) is 3.72. The van der Waals surface area contributed by atoms with Gasteiger partial charge in [0.2, 0.25) is 5.95 Å². The van der Waals surface area contributed by atoms with Crippen LogP contribution in [0.3, 0.4) is 0 Å². The molecule has 3 unspecified atom stereocenters. The number of imidazole rings is 2. The van der Waals surface area contributed by atoms with Crippen LogP contribution in [0.15, 0.2) is 19.0 Å². The van der Waals surface area contributed by atoms with Crippen molar-refractivity contribution in [1.82, 2.24) is 39.0 Å². The number of ether oxygens (including phenoxy) is 2. The number of nitrogens with zero attached hydrogens (tertiary/aromatic N) is 8. The Bertz CT molecular complexity index is 1880. The fourth-order valence-corrected chi connectivity index (χ4v) is 8.17. The van der Waals surface area contributed by atoms with Crippen molar-refractivity contribution >= 4 is 77.0 Å². The molecule has 25 heteroatoms. The standard InChI is InChI=1S/C20H25N11O10P2S2/c21-14-8-16(25-3-24-14)30(4-26-8)19-13-10(32)6(38-19)1-36-42(34,44)40-12-7(2-37-43(35,45)41-13)39-18(11(12)33)31-5-27-9-15(22)28-20(23)29-17(9)31/h3-7,10-13,18-19,32-33H,1-2H2,(H,34,44)(H,35,45)(H2,21,24,25)(H4,22,23,28,29)/t6-,7-,10-,11-,12?,13-,18-,19-,42?,43?/m1/s1. The van der Waals surface area contributed by atoms with Crippen LogP contribution in [0.25, 0.3) is 22.3 Å². The van der Waals surface area contributed by atoms with Gasteiger partial charge in [0.25, 0.3) is 0 Å². The zero-order chi connectivity index (χ0) is 31.8. The first-order valence-electron chi connectivity index (χ1n) is 13.0. The highest BCUT2D eigenvalue weighted by atomic mass is 32.5. The predicted octanol–water partition coefficient (Wildman–Crippen LogP) is -1.82. The number of hydrogen-bond acceptors (Lipinski definition) is 19. The van der Waals surface area contributed by atoms with Gasteiger partial charge in [-0.05, 0) is 23.6 Å². The Balaban J connectivity index is 1.20. The van der Waals surface area contributed by atoms with Gasteiger partial charge in [0.1, 0.15) is 54.0 Å². The van der Waals surface area contributed by atoms with Crippen molar-refractivity contribution in [3.05, 3.63) is 19.0 Å². The molecule has 2 bridgehead atoms. The van der Waals surface area contributed by atoms with Gasteiger partial charge in [0.05, 0.1) is 25.9 Å². The molecule has 0 radical (unpaired) electrons. The molecular formula is C20H25N11O10P2S2. The molecule has 21 nitrogen and oxygen atoms in total. The van der Waals surface area contributed by atoms with Crippen LogP contribution >= 0.6 is 13.4 Å². The van der Waals surface area contributed by atoms with Crippen molar-refractivity contribution < 1.29 is 47.6 Å². The summed E-state index contributed by atoms with van der Waals surface area (Å²) in [7, 11) is 0. The van der Waals surface area contributed by atoms with E-state index in [4.69, 9.17) is 68.4 Å². The minimum Gasteiger partial charge on any atom is -0.387 e. The minimum absolute atomic E-state index is 0.000188. The molecule has 4 aromatic heterocycles. The zero-order valence-corrected chi connectivity index (χ0v) is 25.9. The van der Waals surface area contributed by atoms with Crippen LogP contribution in [0.5, 0.6) is 0 Å². The van der Waals surface area contributed by atoms with Crippen molar-refractivity contribution in [2.75, 3.05) is 30.4 Å². The normalized spacial score (nSPS) is 37.7. The van der Waals surface area contributed by atoms with Crippen molar-refractivity contribution in [2.24, 2.45) is 0 Å². The summed E-state index contributed by atoms with van der Waals surface area (Å²) in [5, 5.41) is 22.5. The predicted molar refractivity (Wildman–Crippen MR) is 158 cm³/mol. The number of fused-ring (bicyclic) bond motifs is 5. The molecule has 10 atom stereocenters. The lowest BCUT2D eigenvalue weighted by atomic mass is 10.1. The average molecular weight is 706 g/mol. The molecule has 4 aromatic rings. The van der Waals surface area contributed by atoms with Gasteiger partial charge in [-0.1, -0.05) is 0 Å². The van der Waals surface area contributed by atoms with E-state index in [1.54, 1.807) is 0 Å². The van der Waals surface area contributed by atoms with E-state index >= 15 is 0 Å². The van der Waals surface area contributed by atoms with Crippen LogP contribution in [-0.2, 0) is 51.2 Å². The lowest BCUT2D eigenvalue weighted by molar-refractivity contribution is -0.0606. The molecule has 3 saturated heterocycles. The van der Waals surface area contributed by atoms with E-state index in [9.17, 15) is 20.0 Å². The molecule has 0 aromatic carbocycles. The summed E-state index contributed by atoms with van der Waals surface area (Å²) < 4.78 is 37.4. The van der Waals surface area contributed by atoms with E-state index in [2.05, 4.69) is 29.9 Å². The Morgan fingerprint density at radius 3 is 2.04 bits per heavy atom. The Kier molecular flexibility index (Phi) is 7.78. The molecule has 3 fully saturated rings. The van der Waals surface area contributed by atoms with E-state index in [0.717, 1.165) is 0 Å².